The Bertz CT molecular complexity index is 818. The Balaban J connectivity index is 1.93. The van der Waals surface area contributed by atoms with Crippen molar-refractivity contribution in [2.24, 2.45) is 4.99 Å². The maximum Gasteiger partial charge on any atom is 0.416 e. The molecule has 0 radical (unpaired) electrons. The van der Waals surface area contributed by atoms with Crippen LogP contribution in [-0.2, 0) is 10.9 Å². The van der Waals surface area contributed by atoms with Crippen molar-refractivity contribution < 1.29 is 22.7 Å². The Morgan fingerprint density at radius 3 is 2.44 bits per heavy atom. The fraction of sp³-hybridized carbons (Fsp3) is 0.375. The van der Waals surface area contributed by atoms with Crippen molar-refractivity contribution in [3.05, 3.63) is 45.7 Å². The molecular weight excluding hydrogens is 355 g/mol. The van der Waals surface area contributed by atoms with Gasteiger partial charge in [-0.1, -0.05) is 0 Å². The molecular formula is C16H16F3N3O2S. The number of hydrogen-bond acceptors (Lipinski definition) is 3. The average molecular weight is 371 g/mol. The van der Waals surface area contributed by atoms with Gasteiger partial charge in [0, 0.05) is 29.9 Å². The van der Waals surface area contributed by atoms with E-state index in [1.165, 1.54) is 23.5 Å². The number of thiazole rings is 1. The van der Waals surface area contributed by atoms with E-state index >= 15 is 0 Å². The number of rotatable bonds is 1. The molecule has 5 nitrogen and oxygen atoms in total. The summed E-state index contributed by atoms with van der Waals surface area (Å²) in [5, 5.41) is 0. The molecule has 0 unspecified atom stereocenters. The number of aromatic nitrogens is 1. The summed E-state index contributed by atoms with van der Waals surface area (Å²) in [6.07, 6.45) is -2.63. The molecule has 0 spiro atoms. The maximum absolute atomic E-state index is 12.7. The molecule has 0 N–H and O–H groups in total. The second-order valence-electron chi connectivity index (χ2n) is 5.53. The summed E-state index contributed by atoms with van der Waals surface area (Å²) in [4.78, 5) is 19.4. The van der Waals surface area contributed by atoms with Crippen LogP contribution in [0, 0.1) is 6.92 Å². The van der Waals surface area contributed by atoms with Crippen LogP contribution in [0.15, 0.2) is 35.5 Å². The number of urea groups is 1. The van der Waals surface area contributed by atoms with Crippen LogP contribution in [0.3, 0.4) is 0 Å². The van der Waals surface area contributed by atoms with Gasteiger partial charge >= 0.3 is 12.2 Å². The Labute approximate surface area is 146 Å². The zero-order valence-electron chi connectivity index (χ0n) is 13.4. The minimum atomic E-state index is -4.38. The number of nitrogens with zero attached hydrogens (tertiary/aromatic N) is 3. The molecule has 0 aliphatic carbocycles. The number of amides is 2. The van der Waals surface area contributed by atoms with E-state index in [1.807, 2.05) is 6.92 Å². The third-order valence-electron chi connectivity index (χ3n) is 3.71. The van der Waals surface area contributed by atoms with Gasteiger partial charge < -0.3 is 9.64 Å². The molecule has 134 valence electrons. The Kier molecular flexibility index (Phi) is 4.96. The van der Waals surface area contributed by atoms with Crippen LogP contribution in [0.1, 0.15) is 10.4 Å². The minimum absolute atomic E-state index is 0.370. The highest BCUT2D eigenvalue weighted by Crippen LogP contribution is 2.29. The second kappa shape index (κ2) is 7.01. The number of ether oxygens (including phenoxy) is 1. The predicted molar refractivity (Wildman–Crippen MR) is 86.7 cm³/mol. The summed E-state index contributed by atoms with van der Waals surface area (Å²) in [5.74, 6) is 0. The summed E-state index contributed by atoms with van der Waals surface area (Å²) >= 11 is 1.31. The first-order chi connectivity index (χ1) is 11.8. The van der Waals surface area contributed by atoms with Gasteiger partial charge in [0.15, 0.2) is 4.80 Å². The number of benzene rings is 1. The zero-order valence-corrected chi connectivity index (χ0v) is 14.2. The van der Waals surface area contributed by atoms with Gasteiger partial charge in [0.05, 0.1) is 18.8 Å². The Hall–Kier alpha value is -2.13. The first-order valence-corrected chi connectivity index (χ1v) is 8.44. The van der Waals surface area contributed by atoms with Crippen molar-refractivity contribution in [2.75, 3.05) is 26.3 Å². The molecule has 3 rings (SSSR count). The lowest BCUT2D eigenvalue weighted by Crippen LogP contribution is -2.40. The third kappa shape index (κ3) is 4.10. The van der Waals surface area contributed by atoms with Crippen molar-refractivity contribution >= 4 is 17.4 Å². The highest BCUT2D eigenvalue weighted by molar-refractivity contribution is 7.09. The lowest BCUT2D eigenvalue weighted by molar-refractivity contribution is -0.137. The first kappa shape index (κ1) is 17.7. The van der Waals surface area contributed by atoms with Crippen molar-refractivity contribution in [1.29, 1.82) is 0 Å². The fourth-order valence-electron chi connectivity index (χ4n) is 2.44. The smallest absolute Gasteiger partial charge is 0.378 e. The van der Waals surface area contributed by atoms with E-state index in [2.05, 4.69) is 4.99 Å². The number of alkyl halides is 3. The fourth-order valence-corrected chi connectivity index (χ4v) is 3.26. The number of carbonyl (C=O) groups is 1. The monoisotopic (exact) mass is 371 g/mol. The van der Waals surface area contributed by atoms with Gasteiger partial charge in [-0.15, -0.1) is 11.3 Å². The summed E-state index contributed by atoms with van der Waals surface area (Å²) in [5.41, 5.74) is -0.197. The number of carbonyl (C=O) groups excluding carboxylic acids is 1. The van der Waals surface area contributed by atoms with Crippen LogP contribution in [0.5, 0.6) is 0 Å². The molecule has 1 fully saturated rings. The predicted octanol–water partition coefficient (Wildman–Crippen LogP) is 3.22. The summed E-state index contributed by atoms with van der Waals surface area (Å²) in [6.45, 7) is 3.76. The molecule has 2 amide bonds. The van der Waals surface area contributed by atoms with Crippen molar-refractivity contribution in [1.82, 2.24) is 9.47 Å². The van der Waals surface area contributed by atoms with Crippen LogP contribution in [0.25, 0.3) is 5.69 Å². The topological polar surface area (TPSA) is 46.8 Å². The molecule has 25 heavy (non-hydrogen) atoms. The zero-order chi connectivity index (χ0) is 18.0. The number of aryl methyl sites for hydroxylation is 1. The maximum atomic E-state index is 12.7. The van der Waals surface area contributed by atoms with E-state index in [1.54, 1.807) is 15.7 Å². The normalized spacial score (nSPS) is 16.3. The van der Waals surface area contributed by atoms with Crippen LogP contribution in [0.4, 0.5) is 18.0 Å². The molecule has 2 aromatic rings. The summed E-state index contributed by atoms with van der Waals surface area (Å²) in [7, 11) is 0. The molecule has 1 saturated heterocycles. The molecule has 1 aromatic heterocycles. The van der Waals surface area contributed by atoms with Gasteiger partial charge in [-0.3, -0.25) is 4.57 Å². The van der Waals surface area contributed by atoms with E-state index in [0.717, 1.165) is 17.0 Å². The first-order valence-electron chi connectivity index (χ1n) is 7.63. The van der Waals surface area contributed by atoms with Crippen LogP contribution >= 0.6 is 11.3 Å². The van der Waals surface area contributed by atoms with E-state index < -0.39 is 11.7 Å². The van der Waals surface area contributed by atoms with Gasteiger partial charge in [-0.25, -0.2) is 4.79 Å². The van der Waals surface area contributed by atoms with Crippen LogP contribution < -0.4 is 4.80 Å². The molecule has 0 bridgehead atoms. The van der Waals surface area contributed by atoms with Gasteiger partial charge in [-0.05, 0) is 31.2 Å². The quantitative estimate of drug-likeness (QED) is 0.773. The number of halogens is 3. The third-order valence-corrected chi connectivity index (χ3v) is 4.61. The second-order valence-corrected chi connectivity index (χ2v) is 6.75. The minimum Gasteiger partial charge on any atom is -0.378 e. The average Bonchev–Trinajstić information content (AvgIpc) is 2.95. The summed E-state index contributed by atoms with van der Waals surface area (Å²) in [6, 6.07) is 4.40. The van der Waals surface area contributed by atoms with E-state index in [4.69, 9.17) is 4.74 Å². The van der Waals surface area contributed by atoms with E-state index in [-0.39, 0.29) is 6.03 Å². The van der Waals surface area contributed by atoms with Crippen LogP contribution in [0.2, 0.25) is 0 Å². The number of hydrogen-bond donors (Lipinski definition) is 0. The molecule has 0 saturated carbocycles. The SMILES string of the molecule is Cc1cn(-c2ccc(C(F)(F)F)cc2)/c(=N/C(=O)N2CCOCC2)s1. The Morgan fingerprint density at radius 2 is 1.84 bits per heavy atom. The van der Waals surface area contributed by atoms with Gasteiger partial charge in [-0.2, -0.15) is 18.2 Å². The lowest BCUT2D eigenvalue weighted by atomic mass is 10.2. The molecule has 0 atom stereocenters. The number of morpholine rings is 1. The molecule has 9 heteroatoms. The Morgan fingerprint density at radius 1 is 1.20 bits per heavy atom. The molecule has 1 aliphatic rings. The molecule has 2 heterocycles. The van der Waals surface area contributed by atoms with Gasteiger partial charge in [0.1, 0.15) is 0 Å². The van der Waals surface area contributed by atoms with Gasteiger partial charge in [0.25, 0.3) is 0 Å². The molecule has 1 aromatic carbocycles. The van der Waals surface area contributed by atoms with Crippen LogP contribution in [-0.4, -0.2) is 41.8 Å². The highest BCUT2D eigenvalue weighted by atomic mass is 32.1. The molecule has 1 aliphatic heterocycles. The lowest BCUT2D eigenvalue weighted by Gasteiger charge is -2.24. The highest BCUT2D eigenvalue weighted by Gasteiger charge is 2.30. The van der Waals surface area contributed by atoms with Crippen molar-refractivity contribution in [3.8, 4) is 5.69 Å². The van der Waals surface area contributed by atoms with Crippen molar-refractivity contribution in [3.63, 3.8) is 0 Å². The van der Waals surface area contributed by atoms with Crippen molar-refractivity contribution in [2.45, 2.75) is 13.1 Å². The standard InChI is InChI=1S/C16H16F3N3O2S/c1-11-10-22(13-4-2-12(3-5-13)16(17,18)19)15(25-11)20-14(23)21-6-8-24-9-7-21/h2-5,10H,6-9H2,1H3/b20-15-. The largest absolute Gasteiger partial charge is 0.416 e. The van der Waals surface area contributed by atoms with E-state index in [0.29, 0.717) is 36.8 Å². The summed E-state index contributed by atoms with van der Waals surface area (Å²) < 4.78 is 44.9. The van der Waals surface area contributed by atoms with Gasteiger partial charge in [0.2, 0.25) is 0 Å². The van der Waals surface area contributed by atoms with E-state index in [9.17, 15) is 18.0 Å².